The summed E-state index contributed by atoms with van der Waals surface area (Å²) >= 11 is 6.14. The van der Waals surface area contributed by atoms with E-state index in [4.69, 9.17) is 17.3 Å². The van der Waals surface area contributed by atoms with Crippen LogP contribution in [0, 0.1) is 5.82 Å². The minimum atomic E-state index is -0.393. The normalized spacial score (nSPS) is 11.1. The van der Waals surface area contributed by atoms with Crippen molar-refractivity contribution in [2.75, 3.05) is 6.54 Å². The molecular formula is C27H20ClFN4. The number of fused-ring (bicyclic) bond motifs is 1. The Kier molecular flexibility index (Phi) is 5.82. The van der Waals surface area contributed by atoms with E-state index in [0.717, 1.165) is 34.1 Å². The minimum absolute atomic E-state index is 0.328. The molecule has 2 N–H and O–H groups in total. The largest absolute Gasteiger partial charge is 0.330 e. The second-order valence-corrected chi connectivity index (χ2v) is 8.15. The number of pyridine rings is 3. The first-order valence-electron chi connectivity index (χ1n) is 10.6. The zero-order chi connectivity index (χ0) is 22.8. The van der Waals surface area contributed by atoms with Gasteiger partial charge in [0, 0.05) is 45.7 Å². The molecule has 0 fully saturated rings. The summed E-state index contributed by atoms with van der Waals surface area (Å²) in [5, 5.41) is 1.30. The van der Waals surface area contributed by atoms with Crippen LogP contribution in [-0.4, -0.2) is 21.5 Å². The Balaban J connectivity index is 1.71. The monoisotopic (exact) mass is 454 g/mol. The molecule has 0 saturated carbocycles. The van der Waals surface area contributed by atoms with Crippen molar-refractivity contribution >= 4 is 22.6 Å². The Bertz CT molecular complexity index is 1470. The van der Waals surface area contributed by atoms with Crippen molar-refractivity contribution in [3.8, 4) is 33.5 Å². The van der Waals surface area contributed by atoms with Gasteiger partial charge < -0.3 is 5.73 Å². The lowest BCUT2D eigenvalue weighted by molar-refractivity contribution is 0.631. The Morgan fingerprint density at radius 1 is 0.848 bits per heavy atom. The van der Waals surface area contributed by atoms with Gasteiger partial charge in [-0.05, 0) is 72.1 Å². The molecule has 0 aliphatic rings. The molecule has 0 saturated heterocycles. The van der Waals surface area contributed by atoms with Crippen LogP contribution in [0.5, 0.6) is 0 Å². The molecule has 4 nitrogen and oxygen atoms in total. The van der Waals surface area contributed by atoms with Gasteiger partial charge in [0.05, 0.1) is 5.69 Å². The van der Waals surface area contributed by atoms with Crippen LogP contribution in [0.25, 0.3) is 44.5 Å². The van der Waals surface area contributed by atoms with Crippen molar-refractivity contribution in [2.24, 2.45) is 5.73 Å². The quantitative estimate of drug-likeness (QED) is 0.337. The van der Waals surface area contributed by atoms with Gasteiger partial charge in [-0.3, -0.25) is 4.98 Å². The Labute approximate surface area is 195 Å². The maximum atomic E-state index is 14.7. The molecule has 2 aromatic carbocycles. The average molecular weight is 455 g/mol. The number of benzene rings is 2. The number of rotatable bonds is 5. The predicted molar refractivity (Wildman–Crippen MR) is 131 cm³/mol. The molecule has 0 unspecified atom stereocenters. The summed E-state index contributed by atoms with van der Waals surface area (Å²) in [6, 6.07) is 20.4. The van der Waals surface area contributed by atoms with Crippen molar-refractivity contribution in [3.63, 3.8) is 0 Å². The Hall–Kier alpha value is -3.67. The van der Waals surface area contributed by atoms with E-state index in [1.165, 1.54) is 17.7 Å². The third kappa shape index (κ3) is 4.21. The lowest BCUT2D eigenvalue weighted by Gasteiger charge is -2.13. The number of nitrogens with two attached hydrogens (primary N) is 1. The molecule has 5 rings (SSSR count). The minimum Gasteiger partial charge on any atom is -0.330 e. The van der Waals surface area contributed by atoms with E-state index in [2.05, 4.69) is 33.2 Å². The van der Waals surface area contributed by atoms with E-state index in [1.54, 1.807) is 18.5 Å². The highest BCUT2D eigenvalue weighted by Gasteiger charge is 2.15. The third-order valence-corrected chi connectivity index (χ3v) is 5.82. The van der Waals surface area contributed by atoms with Gasteiger partial charge in [0.2, 0.25) is 0 Å². The Morgan fingerprint density at radius 2 is 1.67 bits per heavy atom. The van der Waals surface area contributed by atoms with Crippen LogP contribution < -0.4 is 5.73 Å². The number of hydrogen-bond acceptors (Lipinski definition) is 4. The smallest absolute Gasteiger partial charge is 0.160 e. The van der Waals surface area contributed by atoms with Gasteiger partial charge >= 0.3 is 0 Å². The van der Waals surface area contributed by atoms with E-state index < -0.39 is 5.82 Å². The molecule has 0 atom stereocenters. The maximum Gasteiger partial charge on any atom is 0.160 e. The van der Waals surface area contributed by atoms with Gasteiger partial charge in [-0.2, -0.15) is 0 Å². The summed E-state index contributed by atoms with van der Waals surface area (Å²) in [5.41, 5.74) is 12.1. The summed E-state index contributed by atoms with van der Waals surface area (Å²) < 4.78 is 14.7. The van der Waals surface area contributed by atoms with Crippen LogP contribution in [0.2, 0.25) is 5.02 Å². The molecule has 6 heteroatoms. The number of hydrogen-bond donors (Lipinski definition) is 1. The van der Waals surface area contributed by atoms with Crippen LogP contribution in [0.4, 0.5) is 4.39 Å². The molecule has 0 aliphatic heterocycles. The topological polar surface area (TPSA) is 64.7 Å². The number of aromatic nitrogens is 3. The van der Waals surface area contributed by atoms with Crippen LogP contribution in [-0.2, 0) is 6.42 Å². The predicted octanol–water partition coefficient (Wildman–Crippen LogP) is 6.32. The third-order valence-electron chi connectivity index (χ3n) is 5.58. The lowest BCUT2D eigenvalue weighted by atomic mass is 9.95. The zero-order valence-corrected chi connectivity index (χ0v) is 18.4. The fourth-order valence-corrected chi connectivity index (χ4v) is 4.21. The summed E-state index contributed by atoms with van der Waals surface area (Å²) in [6.07, 6.45) is 6.10. The highest BCUT2D eigenvalue weighted by molar-refractivity contribution is 6.30. The number of nitrogens with zero attached hydrogens (tertiary/aromatic N) is 3. The van der Waals surface area contributed by atoms with E-state index in [9.17, 15) is 4.39 Å². The van der Waals surface area contributed by atoms with Crippen molar-refractivity contribution in [2.45, 2.75) is 6.42 Å². The van der Waals surface area contributed by atoms with Crippen molar-refractivity contribution in [1.82, 2.24) is 15.0 Å². The zero-order valence-electron chi connectivity index (χ0n) is 17.7. The van der Waals surface area contributed by atoms with Crippen molar-refractivity contribution in [1.29, 1.82) is 0 Å². The first-order valence-corrected chi connectivity index (χ1v) is 11.0. The molecule has 0 aliphatic carbocycles. The highest BCUT2D eigenvalue weighted by Crippen LogP contribution is 2.35. The summed E-state index contributed by atoms with van der Waals surface area (Å²) in [6.45, 7) is 0.569. The van der Waals surface area contributed by atoms with Crippen molar-refractivity contribution in [3.05, 3.63) is 102 Å². The first-order chi connectivity index (χ1) is 16.1. The fraction of sp³-hybridized carbons (Fsp3) is 0.0741. The lowest BCUT2D eigenvalue weighted by Crippen LogP contribution is -2.04. The molecule has 0 radical (unpaired) electrons. The average Bonchev–Trinajstić information content (AvgIpc) is 2.85. The summed E-state index contributed by atoms with van der Waals surface area (Å²) in [7, 11) is 0. The van der Waals surface area contributed by atoms with Gasteiger partial charge in [0.15, 0.2) is 5.65 Å². The second-order valence-electron chi connectivity index (χ2n) is 7.71. The van der Waals surface area contributed by atoms with Gasteiger partial charge in [-0.1, -0.05) is 35.9 Å². The standard InChI is InChI=1S/C27H20ClFN4/c28-20-7-8-25(29)24(13-20)26-14-23(22-6-3-11-32-27(22)33-26)19-12-18(15-31-16-19)21-5-2-1-4-17(21)9-10-30/h1-8,11-16H,9-10,30H2. The van der Waals surface area contributed by atoms with Gasteiger partial charge in [-0.25, -0.2) is 14.4 Å². The maximum absolute atomic E-state index is 14.7. The van der Waals surface area contributed by atoms with Gasteiger partial charge in [-0.15, -0.1) is 0 Å². The van der Waals surface area contributed by atoms with Crippen molar-refractivity contribution < 1.29 is 4.39 Å². The van der Waals surface area contributed by atoms with Crippen LogP contribution in [0.3, 0.4) is 0 Å². The molecule has 33 heavy (non-hydrogen) atoms. The Morgan fingerprint density at radius 3 is 2.52 bits per heavy atom. The van der Waals surface area contributed by atoms with Gasteiger partial charge in [0.25, 0.3) is 0 Å². The molecular weight excluding hydrogens is 435 g/mol. The number of halogens is 2. The summed E-state index contributed by atoms with van der Waals surface area (Å²) in [4.78, 5) is 13.5. The fourth-order valence-electron chi connectivity index (χ4n) is 4.04. The van der Waals surface area contributed by atoms with Crippen LogP contribution in [0.1, 0.15) is 5.56 Å². The van der Waals surface area contributed by atoms with Gasteiger partial charge in [0.1, 0.15) is 5.82 Å². The molecule has 5 aromatic rings. The molecule has 3 heterocycles. The van der Waals surface area contributed by atoms with E-state index >= 15 is 0 Å². The van der Waals surface area contributed by atoms with E-state index in [0.29, 0.717) is 28.5 Å². The molecule has 0 spiro atoms. The molecule has 3 aromatic heterocycles. The van der Waals surface area contributed by atoms with E-state index in [-0.39, 0.29) is 0 Å². The van der Waals surface area contributed by atoms with E-state index in [1.807, 2.05) is 36.5 Å². The molecule has 0 bridgehead atoms. The molecule has 162 valence electrons. The molecule has 0 amide bonds. The van der Waals surface area contributed by atoms with Crippen LogP contribution in [0.15, 0.2) is 85.3 Å². The SMILES string of the molecule is NCCc1ccccc1-c1cncc(-c2cc(-c3cc(Cl)ccc3F)nc3ncccc23)c1. The second kappa shape index (κ2) is 9.06. The van der Waals surface area contributed by atoms with Crippen LogP contribution >= 0.6 is 11.6 Å². The first kappa shape index (κ1) is 21.2. The highest BCUT2D eigenvalue weighted by atomic mass is 35.5. The summed E-state index contributed by atoms with van der Waals surface area (Å²) in [5.74, 6) is -0.393.